The highest BCUT2D eigenvalue weighted by molar-refractivity contribution is 6.30. The Bertz CT molecular complexity index is 1290. The second-order valence-electron chi connectivity index (χ2n) is 9.62. The molecular formula is C34H33ClO4. The summed E-state index contributed by atoms with van der Waals surface area (Å²) in [6, 6.07) is 38.3. The molecule has 39 heavy (non-hydrogen) atoms. The predicted octanol–water partition coefficient (Wildman–Crippen LogP) is 7.86. The lowest BCUT2D eigenvalue weighted by atomic mass is 9.98. The molecule has 0 saturated carbocycles. The van der Waals surface area contributed by atoms with Crippen molar-refractivity contribution in [2.24, 2.45) is 0 Å². The maximum atomic E-state index is 6.54. The van der Waals surface area contributed by atoms with E-state index in [1.165, 1.54) is 0 Å². The Labute approximate surface area is 235 Å². The number of hydrogen-bond donors (Lipinski definition) is 0. The number of rotatable bonds is 11. The third kappa shape index (κ3) is 8.29. The summed E-state index contributed by atoms with van der Waals surface area (Å²) in [7, 11) is 0. The van der Waals surface area contributed by atoms with Gasteiger partial charge in [0.25, 0.3) is 0 Å². The van der Waals surface area contributed by atoms with Crippen molar-refractivity contribution < 1.29 is 18.9 Å². The molecule has 0 spiro atoms. The SMILES string of the molecule is Clc1ccc(/C=C2\C[C@@H](OCc3ccccc3)[C@@H](OCc3ccccc3)[C@@H](COCc3ccccc3)O2)cc1. The molecule has 0 bridgehead atoms. The van der Waals surface area contributed by atoms with E-state index in [1.807, 2.05) is 84.9 Å². The summed E-state index contributed by atoms with van der Waals surface area (Å²) in [6.07, 6.45) is 1.76. The fourth-order valence-corrected chi connectivity index (χ4v) is 4.74. The van der Waals surface area contributed by atoms with Gasteiger partial charge in [0, 0.05) is 11.4 Å². The van der Waals surface area contributed by atoms with Crippen molar-refractivity contribution in [2.45, 2.75) is 44.6 Å². The van der Waals surface area contributed by atoms with Crippen LogP contribution in [0.1, 0.15) is 28.7 Å². The number of ether oxygens (including phenoxy) is 4. The molecule has 5 rings (SSSR count). The molecular weight excluding hydrogens is 508 g/mol. The van der Waals surface area contributed by atoms with Crippen LogP contribution in [0, 0.1) is 0 Å². The smallest absolute Gasteiger partial charge is 0.150 e. The number of hydrogen-bond acceptors (Lipinski definition) is 4. The van der Waals surface area contributed by atoms with Gasteiger partial charge in [0.2, 0.25) is 0 Å². The molecule has 1 fully saturated rings. The second kappa shape index (κ2) is 14.1. The molecule has 0 amide bonds. The Morgan fingerprint density at radius 2 is 1.21 bits per heavy atom. The van der Waals surface area contributed by atoms with E-state index >= 15 is 0 Å². The summed E-state index contributed by atoms with van der Waals surface area (Å²) >= 11 is 6.11. The van der Waals surface area contributed by atoms with E-state index in [4.69, 9.17) is 30.5 Å². The molecule has 5 heteroatoms. The third-order valence-corrected chi connectivity index (χ3v) is 6.87. The maximum Gasteiger partial charge on any atom is 0.150 e. The van der Waals surface area contributed by atoms with Crippen LogP contribution in [-0.4, -0.2) is 24.9 Å². The van der Waals surface area contributed by atoms with Gasteiger partial charge in [-0.2, -0.15) is 0 Å². The fourth-order valence-electron chi connectivity index (χ4n) is 4.61. The molecule has 1 saturated heterocycles. The molecule has 0 aliphatic carbocycles. The Morgan fingerprint density at radius 3 is 1.79 bits per heavy atom. The number of benzene rings is 4. The molecule has 0 radical (unpaired) electrons. The van der Waals surface area contributed by atoms with Crippen molar-refractivity contribution in [3.63, 3.8) is 0 Å². The minimum absolute atomic E-state index is 0.216. The monoisotopic (exact) mass is 540 g/mol. The zero-order valence-electron chi connectivity index (χ0n) is 21.8. The Hall–Kier alpha value is -3.41. The average molecular weight is 541 g/mol. The molecule has 0 unspecified atom stereocenters. The van der Waals surface area contributed by atoms with Gasteiger partial charge in [0.1, 0.15) is 6.10 Å². The largest absolute Gasteiger partial charge is 0.489 e. The van der Waals surface area contributed by atoms with Gasteiger partial charge in [-0.15, -0.1) is 0 Å². The first-order valence-electron chi connectivity index (χ1n) is 13.3. The van der Waals surface area contributed by atoms with Crippen LogP contribution in [-0.2, 0) is 38.8 Å². The maximum absolute atomic E-state index is 6.54. The molecule has 4 aromatic carbocycles. The first-order chi connectivity index (χ1) is 19.2. The lowest BCUT2D eigenvalue weighted by Gasteiger charge is -2.39. The summed E-state index contributed by atoms with van der Waals surface area (Å²) < 4.78 is 25.8. The molecule has 200 valence electrons. The molecule has 1 heterocycles. The van der Waals surface area contributed by atoms with Crippen LogP contribution in [0.3, 0.4) is 0 Å². The van der Waals surface area contributed by atoms with Gasteiger partial charge in [0.15, 0.2) is 6.10 Å². The normalized spacial score (nSPS) is 20.0. The van der Waals surface area contributed by atoms with Crippen LogP contribution in [0.25, 0.3) is 6.08 Å². The summed E-state index contributed by atoms with van der Waals surface area (Å²) in [4.78, 5) is 0. The standard InChI is InChI=1S/C34H33ClO4/c35-30-18-16-26(17-19-30)20-31-21-32(37-23-28-12-6-2-7-13-28)34(38-24-29-14-8-3-9-15-29)33(39-31)25-36-22-27-10-4-1-5-11-27/h1-20,32-34H,21-25H2/b31-20+/t32-,33-,34-/m1/s1. The lowest BCUT2D eigenvalue weighted by Crippen LogP contribution is -2.48. The molecule has 0 N–H and O–H groups in total. The lowest BCUT2D eigenvalue weighted by molar-refractivity contribution is -0.177. The van der Waals surface area contributed by atoms with Crippen LogP contribution in [0.15, 0.2) is 121 Å². The van der Waals surface area contributed by atoms with Gasteiger partial charge in [-0.3, -0.25) is 0 Å². The highest BCUT2D eigenvalue weighted by Crippen LogP contribution is 2.31. The second-order valence-corrected chi connectivity index (χ2v) is 10.1. The van der Waals surface area contributed by atoms with E-state index in [-0.39, 0.29) is 18.3 Å². The predicted molar refractivity (Wildman–Crippen MR) is 155 cm³/mol. The van der Waals surface area contributed by atoms with Crippen molar-refractivity contribution in [1.29, 1.82) is 0 Å². The van der Waals surface area contributed by atoms with Crippen molar-refractivity contribution in [3.05, 3.63) is 148 Å². The Morgan fingerprint density at radius 1 is 0.667 bits per heavy atom. The molecule has 4 nitrogen and oxygen atoms in total. The summed E-state index contributed by atoms with van der Waals surface area (Å²) in [5, 5.41) is 0.701. The molecule has 1 aliphatic heterocycles. The fraction of sp³-hybridized carbons (Fsp3) is 0.235. The van der Waals surface area contributed by atoms with Crippen LogP contribution >= 0.6 is 11.6 Å². The van der Waals surface area contributed by atoms with E-state index in [1.54, 1.807) is 0 Å². The van der Waals surface area contributed by atoms with E-state index < -0.39 is 0 Å². The van der Waals surface area contributed by atoms with Gasteiger partial charge in [-0.05, 0) is 40.5 Å². The zero-order chi connectivity index (χ0) is 26.7. The minimum atomic E-state index is -0.342. The van der Waals surface area contributed by atoms with E-state index in [0.717, 1.165) is 28.0 Å². The zero-order valence-corrected chi connectivity index (χ0v) is 22.6. The van der Waals surface area contributed by atoms with Crippen molar-refractivity contribution in [1.82, 2.24) is 0 Å². The van der Waals surface area contributed by atoms with Gasteiger partial charge >= 0.3 is 0 Å². The quantitative estimate of drug-likeness (QED) is 0.194. The molecule has 1 aliphatic rings. The van der Waals surface area contributed by atoms with Crippen molar-refractivity contribution in [2.75, 3.05) is 6.61 Å². The number of halogens is 1. The summed E-state index contributed by atoms with van der Waals surface area (Å²) in [5.41, 5.74) is 4.35. The first-order valence-corrected chi connectivity index (χ1v) is 13.7. The van der Waals surface area contributed by atoms with Crippen molar-refractivity contribution in [3.8, 4) is 0 Å². The van der Waals surface area contributed by atoms with Crippen LogP contribution in [0.2, 0.25) is 5.02 Å². The summed E-state index contributed by atoms with van der Waals surface area (Å²) in [5.74, 6) is 0.836. The summed E-state index contributed by atoms with van der Waals surface area (Å²) in [6.45, 7) is 1.82. The van der Waals surface area contributed by atoms with Gasteiger partial charge in [-0.25, -0.2) is 0 Å². The van der Waals surface area contributed by atoms with Crippen LogP contribution < -0.4 is 0 Å². The minimum Gasteiger partial charge on any atom is -0.489 e. The van der Waals surface area contributed by atoms with Gasteiger partial charge in [-0.1, -0.05) is 115 Å². The van der Waals surface area contributed by atoms with Crippen molar-refractivity contribution >= 4 is 17.7 Å². The molecule has 0 aromatic heterocycles. The Balaban J connectivity index is 1.37. The molecule has 4 aromatic rings. The van der Waals surface area contributed by atoms with Gasteiger partial charge < -0.3 is 18.9 Å². The first kappa shape index (κ1) is 27.2. The topological polar surface area (TPSA) is 36.9 Å². The molecule has 3 atom stereocenters. The third-order valence-electron chi connectivity index (χ3n) is 6.62. The van der Waals surface area contributed by atoms with E-state index in [0.29, 0.717) is 37.9 Å². The highest BCUT2D eigenvalue weighted by atomic mass is 35.5. The van der Waals surface area contributed by atoms with Crippen LogP contribution in [0.4, 0.5) is 0 Å². The van der Waals surface area contributed by atoms with E-state index in [2.05, 4.69) is 36.4 Å². The Kier molecular flexibility index (Phi) is 9.83. The van der Waals surface area contributed by atoms with Crippen LogP contribution in [0.5, 0.6) is 0 Å². The van der Waals surface area contributed by atoms with Gasteiger partial charge in [0.05, 0.1) is 38.3 Å². The highest BCUT2D eigenvalue weighted by Gasteiger charge is 2.39. The van der Waals surface area contributed by atoms with E-state index in [9.17, 15) is 0 Å². The average Bonchev–Trinajstić information content (AvgIpc) is 2.98.